The van der Waals surface area contributed by atoms with E-state index in [1.165, 1.54) is 0 Å². The fourth-order valence-electron chi connectivity index (χ4n) is 1.31. The van der Waals surface area contributed by atoms with Crippen LogP contribution in [-0.2, 0) is 4.79 Å². The number of amides is 1. The van der Waals surface area contributed by atoms with Crippen LogP contribution >= 0.6 is 23.4 Å². The molecule has 1 aromatic carbocycles. The van der Waals surface area contributed by atoms with Gasteiger partial charge in [0.15, 0.2) is 0 Å². The Morgan fingerprint density at radius 3 is 2.83 bits per heavy atom. The molecule has 18 heavy (non-hydrogen) atoms. The third-order valence-electron chi connectivity index (χ3n) is 2.34. The first kappa shape index (κ1) is 15.3. The number of carbonyl (C=O) groups is 1. The van der Waals surface area contributed by atoms with Crippen LogP contribution in [0.2, 0.25) is 5.02 Å². The van der Waals surface area contributed by atoms with Gasteiger partial charge in [0.05, 0.1) is 10.7 Å². The second-order valence-corrected chi connectivity index (χ2v) is 5.79. The van der Waals surface area contributed by atoms with E-state index >= 15 is 0 Å². The summed E-state index contributed by atoms with van der Waals surface area (Å²) in [7, 11) is 0. The molecule has 1 aromatic rings. The number of anilines is 1. The molecule has 0 bridgehead atoms. The van der Waals surface area contributed by atoms with E-state index in [0.717, 1.165) is 17.9 Å². The molecular formula is C13H19ClN2OS. The molecule has 1 amide bonds. The van der Waals surface area contributed by atoms with Crippen molar-refractivity contribution in [1.82, 2.24) is 0 Å². The predicted molar refractivity (Wildman–Crippen MR) is 80.3 cm³/mol. The lowest BCUT2D eigenvalue weighted by atomic mass is 10.3. The number of nitrogens with two attached hydrogens (primary N) is 1. The first-order valence-electron chi connectivity index (χ1n) is 5.97. The van der Waals surface area contributed by atoms with Crippen LogP contribution in [0.5, 0.6) is 0 Å². The average molecular weight is 287 g/mol. The summed E-state index contributed by atoms with van der Waals surface area (Å²) < 4.78 is 0. The van der Waals surface area contributed by atoms with Gasteiger partial charge in [-0.2, -0.15) is 11.8 Å². The molecule has 0 aliphatic heterocycles. The van der Waals surface area contributed by atoms with Gasteiger partial charge in [0.1, 0.15) is 0 Å². The maximum Gasteiger partial charge on any atom is 0.225 e. The van der Waals surface area contributed by atoms with Crippen molar-refractivity contribution < 1.29 is 4.79 Å². The molecule has 0 radical (unpaired) electrons. The maximum atomic E-state index is 11.7. The number of hydrogen-bond donors (Lipinski definition) is 2. The highest BCUT2D eigenvalue weighted by atomic mass is 35.5. The highest BCUT2D eigenvalue weighted by Gasteiger charge is 2.05. The lowest BCUT2D eigenvalue weighted by Crippen LogP contribution is -2.16. The Balaban J connectivity index is 2.20. The molecule has 1 unspecified atom stereocenters. The standard InChI is InChI=1S/C13H19ClN2OS/c1-10(15)6-8-18-9-7-13(17)16-12-5-3-2-4-11(12)14/h2-5,10H,6-9,15H2,1H3,(H,16,17). The number of thioether (sulfide) groups is 1. The van der Waals surface area contributed by atoms with Gasteiger partial charge in [-0.15, -0.1) is 0 Å². The summed E-state index contributed by atoms with van der Waals surface area (Å²) in [5.74, 6) is 1.80. The molecule has 0 aliphatic rings. The predicted octanol–water partition coefficient (Wildman–Crippen LogP) is 3.14. The second kappa shape index (κ2) is 8.40. The first-order valence-corrected chi connectivity index (χ1v) is 7.50. The van der Waals surface area contributed by atoms with Crippen LogP contribution < -0.4 is 11.1 Å². The normalized spacial score (nSPS) is 12.2. The van der Waals surface area contributed by atoms with Crippen molar-refractivity contribution in [3.63, 3.8) is 0 Å². The Bertz CT molecular complexity index is 385. The summed E-state index contributed by atoms with van der Waals surface area (Å²) >= 11 is 7.70. The molecule has 0 spiro atoms. The van der Waals surface area contributed by atoms with Crippen molar-refractivity contribution in [2.24, 2.45) is 5.73 Å². The Kier molecular flexibility index (Phi) is 7.16. The molecule has 0 fully saturated rings. The number of nitrogens with one attached hydrogen (secondary N) is 1. The Labute approximate surface area is 117 Å². The molecule has 3 nitrogen and oxygen atoms in total. The molecule has 0 saturated carbocycles. The van der Waals surface area contributed by atoms with Crippen molar-refractivity contribution in [2.75, 3.05) is 16.8 Å². The van der Waals surface area contributed by atoms with Crippen LogP contribution in [0, 0.1) is 0 Å². The Morgan fingerprint density at radius 1 is 1.44 bits per heavy atom. The summed E-state index contributed by atoms with van der Waals surface area (Å²) in [5, 5.41) is 3.37. The fourth-order valence-corrected chi connectivity index (χ4v) is 2.57. The molecule has 1 rings (SSSR count). The summed E-state index contributed by atoms with van der Waals surface area (Å²) in [4.78, 5) is 11.7. The van der Waals surface area contributed by atoms with Gasteiger partial charge in [0, 0.05) is 18.2 Å². The SMILES string of the molecule is CC(N)CCSCCC(=O)Nc1ccccc1Cl. The molecule has 3 N–H and O–H groups in total. The zero-order chi connectivity index (χ0) is 13.4. The van der Waals surface area contributed by atoms with Crippen LogP contribution in [0.4, 0.5) is 5.69 Å². The second-order valence-electron chi connectivity index (χ2n) is 4.16. The minimum atomic E-state index is -0.00334. The van der Waals surface area contributed by atoms with Crippen LogP contribution in [0.3, 0.4) is 0 Å². The molecule has 0 saturated heterocycles. The smallest absolute Gasteiger partial charge is 0.225 e. The van der Waals surface area contributed by atoms with Crippen LogP contribution in [0.15, 0.2) is 24.3 Å². The molecule has 100 valence electrons. The number of para-hydroxylation sites is 1. The minimum absolute atomic E-state index is 0.00334. The van der Waals surface area contributed by atoms with E-state index in [4.69, 9.17) is 17.3 Å². The Hall–Kier alpha value is -0.710. The van der Waals surface area contributed by atoms with Crippen molar-refractivity contribution in [1.29, 1.82) is 0 Å². The van der Waals surface area contributed by atoms with E-state index in [-0.39, 0.29) is 11.9 Å². The van der Waals surface area contributed by atoms with Gasteiger partial charge in [-0.25, -0.2) is 0 Å². The van der Waals surface area contributed by atoms with Crippen LogP contribution in [0.25, 0.3) is 0 Å². The molecule has 0 aromatic heterocycles. The molecule has 1 atom stereocenters. The lowest BCUT2D eigenvalue weighted by molar-refractivity contribution is -0.115. The van der Waals surface area contributed by atoms with Gasteiger partial charge in [-0.1, -0.05) is 23.7 Å². The topological polar surface area (TPSA) is 55.1 Å². The minimum Gasteiger partial charge on any atom is -0.328 e. The number of rotatable bonds is 7. The highest BCUT2D eigenvalue weighted by molar-refractivity contribution is 7.99. The third kappa shape index (κ3) is 6.28. The van der Waals surface area contributed by atoms with E-state index in [9.17, 15) is 4.79 Å². The van der Waals surface area contributed by atoms with Crippen molar-refractivity contribution in [3.8, 4) is 0 Å². The van der Waals surface area contributed by atoms with Crippen LogP contribution in [0.1, 0.15) is 19.8 Å². The summed E-state index contributed by atoms with van der Waals surface area (Å²) in [6.45, 7) is 1.99. The van der Waals surface area contributed by atoms with E-state index < -0.39 is 0 Å². The lowest BCUT2D eigenvalue weighted by Gasteiger charge is -2.07. The van der Waals surface area contributed by atoms with Crippen molar-refractivity contribution >= 4 is 35.0 Å². The monoisotopic (exact) mass is 286 g/mol. The fraction of sp³-hybridized carbons (Fsp3) is 0.462. The summed E-state index contributed by atoms with van der Waals surface area (Å²) in [6.07, 6.45) is 1.48. The number of carbonyl (C=O) groups excluding carboxylic acids is 1. The maximum absolute atomic E-state index is 11.7. The zero-order valence-electron chi connectivity index (χ0n) is 10.5. The summed E-state index contributed by atoms with van der Waals surface area (Å²) in [6, 6.07) is 7.47. The molecule has 0 heterocycles. The van der Waals surface area contributed by atoms with Gasteiger partial charge < -0.3 is 11.1 Å². The van der Waals surface area contributed by atoms with Crippen molar-refractivity contribution in [2.45, 2.75) is 25.8 Å². The number of hydrogen-bond acceptors (Lipinski definition) is 3. The molecule has 0 aliphatic carbocycles. The van der Waals surface area contributed by atoms with E-state index in [1.54, 1.807) is 23.9 Å². The van der Waals surface area contributed by atoms with E-state index in [0.29, 0.717) is 17.1 Å². The average Bonchev–Trinajstić information content (AvgIpc) is 2.31. The van der Waals surface area contributed by atoms with Gasteiger partial charge in [0.2, 0.25) is 5.91 Å². The zero-order valence-corrected chi connectivity index (χ0v) is 12.1. The first-order chi connectivity index (χ1) is 8.59. The van der Waals surface area contributed by atoms with Crippen molar-refractivity contribution in [3.05, 3.63) is 29.3 Å². The Morgan fingerprint density at radius 2 is 2.17 bits per heavy atom. The van der Waals surface area contributed by atoms with Gasteiger partial charge in [0.25, 0.3) is 0 Å². The van der Waals surface area contributed by atoms with Gasteiger partial charge in [-0.05, 0) is 31.2 Å². The van der Waals surface area contributed by atoms with Gasteiger partial charge in [-0.3, -0.25) is 4.79 Å². The highest BCUT2D eigenvalue weighted by Crippen LogP contribution is 2.20. The largest absolute Gasteiger partial charge is 0.328 e. The van der Waals surface area contributed by atoms with E-state index in [2.05, 4.69) is 5.32 Å². The van der Waals surface area contributed by atoms with Crippen LogP contribution in [-0.4, -0.2) is 23.5 Å². The number of halogens is 1. The summed E-state index contributed by atoms with van der Waals surface area (Å²) in [5.41, 5.74) is 6.32. The quantitative estimate of drug-likeness (QED) is 0.757. The van der Waals surface area contributed by atoms with E-state index in [1.807, 2.05) is 19.1 Å². The molecule has 5 heteroatoms. The third-order valence-corrected chi connectivity index (χ3v) is 3.69. The van der Waals surface area contributed by atoms with Gasteiger partial charge >= 0.3 is 0 Å². The molecular weight excluding hydrogens is 268 g/mol. The number of benzene rings is 1.